The van der Waals surface area contributed by atoms with E-state index in [2.05, 4.69) is 10.6 Å². The minimum atomic E-state index is -0.348. The predicted octanol–water partition coefficient (Wildman–Crippen LogP) is 0.374. The van der Waals surface area contributed by atoms with E-state index in [4.69, 9.17) is 4.74 Å². The summed E-state index contributed by atoms with van der Waals surface area (Å²) in [5.41, 5.74) is -0.269. The number of carbonyl (C=O) groups is 2. The molecule has 2 N–H and O–H groups in total. The third kappa shape index (κ3) is 8.87. The van der Waals surface area contributed by atoms with Crippen LogP contribution in [0, 0.1) is 0 Å². The molecule has 20 heavy (non-hydrogen) atoms. The smallest absolute Gasteiger partial charge is 0.237 e. The molecule has 6 nitrogen and oxygen atoms in total. The molecule has 0 aliphatic rings. The molecule has 6 heteroatoms. The van der Waals surface area contributed by atoms with Crippen LogP contribution in [0.3, 0.4) is 0 Å². The Morgan fingerprint density at radius 2 is 1.90 bits per heavy atom. The fourth-order valence-electron chi connectivity index (χ4n) is 1.54. The number of rotatable bonds is 8. The van der Waals surface area contributed by atoms with Crippen molar-refractivity contribution >= 4 is 11.8 Å². The molecular weight excluding hydrogens is 258 g/mol. The van der Waals surface area contributed by atoms with E-state index in [9.17, 15) is 9.59 Å². The molecule has 0 aliphatic carbocycles. The number of likely N-dealkylation sites (N-methyl/N-ethyl adjacent to an activating group) is 1. The summed E-state index contributed by atoms with van der Waals surface area (Å²) in [5.74, 6) is -0.161. The first-order valence-electron chi connectivity index (χ1n) is 6.95. The second-order valence-electron chi connectivity index (χ2n) is 6.03. The van der Waals surface area contributed by atoms with Gasteiger partial charge in [-0.15, -0.1) is 0 Å². The molecule has 2 amide bonds. The lowest BCUT2D eigenvalue weighted by Crippen LogP contribution is -2.51. The Hall–Kier alpha value is -1.14. The third-order valence-electron chi connectivity index (χ3n) is 2.78. The molecule has 0 aromatic carbocycles. The summed E-state index contributed by atoms with van der Waals surface area (Å²) < 4.78 is 4.91. The largest absolute Gasteiger partial charge is 0.385 e. The maximum absolute atomic E-state index is 12.0. The molecule has 0 aromatic heterocycles. The Morgan fingerprint density at radius 1 is 1.30 bits per heavy atom. The fourth-order valence-corrected chi connectivity index (χ4v) is 1.54. The lowest BCUT2D eigenvalue weighted by Gasteiger charge is -2.28. The molecule has 0 rings (SSSR count). The van der Waals surface area contributed by atoms with Crippen molar-refractivity contribution in [2.45, 2.75) is 45.7 Å². The molecule has 0 bridgehead atoms. The summed E-state index contributed by atoms with van der Waals surface area (Å²) in [4.78, 5) is 25.4. The van der Waals surface area contributed by atoms with Crippen LogP contribution < -0.4 is 10.6 Å². The monoisotopic (exact) mass is 287 g/mol. The van der Waals surface area contributed by atoms with Gasteiger partial charge in [-0.2, -0.15) is 0 Å². The fraction of sp³-hybridized carbons (Fsp3) is 0.857. The van der Waals surface area contributed by atoms with E-state index in [0.29, 0.717) is 13.2 Å². The van der Waals surface area contributed by atoms with Crippen LogP contribution >= 0.6 is 0 Å². The second-order valence-corrected chi connectivity index (χ2v) is 6.03. The maximum atomic E-state index is 12.0. The minimum absolute atomic E-state index is 0.0767. The van der Waals surface area contributed by atoms with Crippen molar-refractivity contribution in [2.24, 2.45) is 0 Å². The van der Waals surface area contributed by atoms with Gasteiger partial charge >= 0.3 is 0 Å². The first-order chi connectivity index (χ1) is 9.17. The van der Waals surface area contributed by atoms with E-state index in [-0.39, 0.29) is 29.9 Å². The molecule has 0 aliphatic heterocycles. The SMILES string of the molecule is COCCCNC(=O)CN(C)C(C)C(=O)NC(C)(C)C. The first kappa shape index (κ1) is 18.9. The van der Waals surface area contributed by atoms with E-state index in [0.717, 1.165) is 6.42 Å². The highest BCUT2D eigenvalue weighted by Gasteiger charge is 2.23. The van der Waals surface area contributed by atoms with E-state index >= 15 is 0 Å². The van der Waals surface area contributed by atoms with Crippen LogP contribution in [0.25, 0.3) is 0 Å². The van der Waals surface area contributed by atoms with Crippen molar-refractivity contribution in [3.05, 3.63) is 0 Å². The number of nitrogens with one attached hydrogen (secondary N) is 2. The molecule has 0 saturated carbocycles. The zero-order valence-corrected chi connectivity index (χ0v) is 13.6. The van der Waals surface area contributed by atoms with Gasteiger partial charge in [0.2, 0.25) is 11.8 Å². The number of amides is 2. The molecule has 0 heterocycles. The lowest BCUT2D eigenvalue weighted by atomic mass is 10.1. The summed E-state index contributed by atoms with van der Waals surface area (Å²) in [6.07, 6.45) is 0.784. The minimum Gasteiger partial charge on any atom is -0.385 e. The van der Waals surface area contributed by atoms with Crippen LogP contribution in [-0.4, -0.2) is 62.1 Å². The van der Waals surface area contributed by atoms with Gasteiger partial charge in [0.05, 0.1) is 12.6 Å². The van der Waals surface area contributed by atoms with Crippen molar-refractivity contribution in [1.82, 2.24) is 15.5 Å². The van der Waals surface area contributed by atoms with Gasteiger partial charge in [0, 0.05) is 25.8 Å². The van der Waals surface area contributed by atoms with Crippen LogP contribution in [0.1, 0.15) is 34.1 Å². The summed E-state index contributed by atoms with van der Waals surface area (Å²) >= 11 is 0. The lowest BCUT2D eigenvalue weighted by molar-refractivity contribution is -0.128. The molecule has 0 spiro atoms. The van der Waals surface area contributed by atoms with Crippen LogP contribution in [0.4, 0.5) is 0 Å². The van der Waals surface area contributed by atoms with E-state index in [1.54, 1.807) is 26.0 Å². The summed E-state index contributed by atoms with van der Waals surface area (Å²) in [6.45, 7) is 9.00. The van der Waals surface area contributed by atoms with Crippen molar-refractivity contribution < 1.29 is 14.3 Å². The van der Waals surface area contributed by atoms with E-state index in [1.807, 2.05) is 20.8 Å². The average molecular weight is 287 g/mol. The number of methoxy groups -OCH3 is 1. The molecule has 0 radical (unpaired) electrons. The number of nitrogens with zero attached hydrogens (tertiary/aromatic N) is 1. The van der Waals surface area contributed by atoms with E-state index in [1.165, 1.54) is 0 Å². The molecule has 0 aromatic rings. The highest BCUT2D eigenvalue weighted by Crippen LogP contribution is 2.02. The highest BCUT2D eigenvalue weighted by atomic mass is 16.5. The zero-order valence-electron chi connectivity index (χ0n) is 13.6. The summed E-state index contributed by atoms with van der Waals surface area (Å²) in [6, 6.07) is -0.348. The quantitative estimate of drug-likeness (QED) is 0.633. The second kappa shape index (κ2) is 8.92. The standard InChI is InChI=1S/C14H29N3O3/c1-11(13(19)16-14(2,3)4)17(5)10-12(18)15-8-7-9-20-6/h11H,7-10H2,1-6H3,(H,15,18)(H,16,19). The van der Waals surface area contributed by atoms with Gasteiger partial charge in [-0.1, -0.05) is 0 Å². The van der Waals surface area contributed by atoms with Crippen molar-refractivity contribution in [1.29, 1.82) is 0 Å². The Balaban J connectivity index is 4.09. The average Bonchev–Trinajstić information content (AvgIpc) is 2.31. The normalized spacial score (nSPS) is 13.2. The van der Waals surface area contributed by atoms with Gasteiger partial charge in [0.1, 0.15) is 0 Å². The zero-order chi connectivity index (χ0) is 15.8. The summed E-state index contributed by atoms with van der Waals surface area (Å²) in [7, 11) is 3.40. The third-order valence-corrected chi connectivity index (χ3v) is 2.78. The van der Waals surface area contributed by atoms with Crippen LogP contribution in [-0.2, 0) is 14.3 Å². The Labute approximate surface area is 122 Å². The Kier molecular flexibility index (Phi) is 8.41. The van der Waals surface area contributed by atoms with Gasteiger partial charge in [-0.25, -0.2) is 0 Å². The van der Waals surface area contributed by atoms with Crippen molar-refractivity contribution in [3.8, 4) is 0 Å². The van der Waals surface area contributed by atoms with Gasteiger partial charge in [-0.05, 0) is 41.2 Å². The topological polar surface area (TPSA) is 70.7 Å². The maximum Gasteiger partial charge on any atom is 0.237 e. The van der Waals surface area contributed by atoms with Gasteiger partial charge < -0.3 is 15.4 Å². The molecule has 1 atom stereocenters. The highest BCUT2D eigenvalue weighted by molar-refractivity contribution is 5.83. The predicted molar refractivity (Wildman–Crippen MR) is 79.5 cm³/mol. The van der Waals surface area contributed by atoms with Crippen LogP contribution in [0.2, 0.25) is 0 Å². The first-order valence-corrected chi connectivity index (χ1v) is 6.95. The molecule has 0 fully saturated rings. The van der Waals surface area contributed by atoms with Gasteiger partial charge in [-0.3, -0.25) is 14.5 Å². The summed E-state index contributed by atoms with van der Waals surface area (Å²) in [5, 5.41) is 5.70. The van der Waals surface area contributed by atoms with Crippen LogP contribution in [0.15, 0.2) is 0 Å². The Bertz CT molecular complexity index is 313. The van der Waals surface area contributed by atoms with Gasteiger partial charge in [0.25, 0.3) is 0 Å². The van der Waals surface area contributed by atoms with E-state index < -0.39 is 0 Å². The molecule has 1 unspecified atom stereocenters. The molecule has 118 valence electrons. The van der Waals surface area contributed by atoms with Crippen LogP contribution in [0.5, 0.6) is 0 Å². The number of hydrogen-bond donors (Lipinski definition) is 2. The number of hydrogen-bond acceptors (Lipinski definition) is 4. The molecule has 0 saturated heterocycles. The van der Waals surface area contributed by atoms with Gasteiger partial charge in [0.15, 0.2) is 0 Å². The van der Waals surface area contributed by atoms with Crippen molar-refractivity contribution in [2.75, 3.05) is 33.9 Å². The number of ether oxygens (including phenoxy) is 1. The Morgan fingerprint density at radius 3 is 2.40 bits per heavy atom. The number of carbonyl (C=O) groups excluding carboxylic acids is 2. The van der Waals surface area contributed by atoms with Crippen molar-refractivity contribution in [3.63, 3.8) is 0 Å². The molecular formula is C14H29N3O3.